The average Bonchev–Trinajstić information content (AvgIpc) is 2.06. The molecule has 0 aliphatic heterocycles. The number of aromatic nitrogens is 2. The van der Waals surface area contributed by atoms with Crippen LogP contribution in [0.15, 0.2) is 36.5 Å². The van der Waals surface area contributed by atoms with Crippen LogP contribution in [0.1, 0.15) is 0 Å². The Kier molecular flexibility index (Phi) is 2.97. The van der Waals surface area contributed by atoms with Gasteiger partial charge in [0.15, 0.2) is 7.05 Å². The van der Waals surface area contributed by atoms with Crippen LogP contribution in [0.2, 0.25) is 0 Å². The molecule has 0 atom stereocenters. The highest BCUT2D eigenvalue weighted by Gasteiger charge is 2.01. The lowest BCUT2D eigenvalue weighted by molar-refractivity contribution is -0.705. The van der Waals surface area contributed by atoms with E-state index in [1.165, 1.54) is 5.39 Å². The molecule has 0 saturated carbocycles. The predicted molar refractivity (Wildman–Crippen MR) is 42.9 cm³/mol. The average molecular weight is 272 g/mol. The molecule has 62 valence electrons. The van der Waals surface area contributed by atoms with Crippen LogP contribution in [-0.4, -0.2) is 5.10 Å². The van der Waals surface area contributed by atoms with E-state index in [1.807, 2.05) is 36.1 Å². The zero-order valence-corrected chi connectivity index (χ0v) is 8.89. The smallest absolute Gasteiger partial charge is 0.238 e. The Morgan fingerprint density at radius 3 is 2.67 bits per heavy atom. The minimum absolute atomic E-state index is 0. The summed E-state index contributed by atoms with van der Waals surface area (Å²) in [4.78, 5) is 0. The van der Waals surface area contributed by atoms with Crippen molar-refractivity contribution in [3.8, 4) is 0 Å². The highest BCUT2D eigenvalue weighted by molar-refractivity contribution is 5.74. The lowest BCUT2D eigenvalue weighted by Crippen LogP contribution is -3.00. The molecule has 12 heavy (non-hydrogen) atoms. The SMILES string of the molecule is C[n+]1nccc2ccccc21.[I-]. The summed E-state index contributed by atoms with van der Waals surface area (Å²) >= 11 is 0. The second kappa shape index (κ2) is 3.80. The van der Waals surface area contributed by atoms with Gasteiger partial charge in [0.1, 0.15) is 0 Å². The molecular formula is C9H9IN2. The zero-order valence-electron chi connectivity index (χ0n) is 6.74. The van der Waals surface area contributed by atoms with E-state index >= 15 is 0 Å². The first-order valence-corrected chi connectivity index (χ1v) is 3.58. The molecule has 2 nitrogen and oxygen atoms in total. The number of fused-ring (bicyclic) bond motifs is 1. The molecule has 0 saturated heterocycles. The quantitative estimate of drug-likeness (QED) is 0.403. The molecule has 0 radical (unpaired) electrons. The lowest BCUT2D eigenvalue weighted by Gasteiger charge is -1.90. The van der Waals surface area contributed by atoms with Crippen LogP contribution in [0.25, 0.3) is 10.9 Å². The van der Waals surface area contributed by atoms with Gasteiger partial charge in [-0.1, -0.05) is 16.8 Å². The molecule has 3 heteroatoms. The Hall–Kier alpha value is -0.710. The van der Waals surface area contributed by atoms with E-state index in [-0.39, 0.29) is 24.0 Å². The first-order valence-electron chi connectivity index (χ1n) is 3.58. The number of nitrogens with zero attached hydrogens (tertiary/aromatic N) is 2. The van der Waals surface area contributed by atoms with Gasteiger partial charge in [0.25, 0.3) is 0 Å². The van der Waals surface area contributed by atoms with Gasteiger partial charge < -0.3 is 24.0 Å². The van der Waals surface area contributed by atoms with Gasteiger partial charge in [-0.05, 0) is 17.2 Å². The standard InChI is InChI=1S/C9H9N2.HI/c1-11-9-5-3-2-4-8(9)6-7-10-11;/h2-7H,1H3;1H/q+1;/p-1. The normalized spacial score (nSPS) is 9.42. The minimum atomic E-state index is 0. The molecule has 0 spiro atoms. The van der Waals surface area contributed by atoms with Crippen molar-refractivity contribution >= 4 is 10.9 Å². The number of hydrogen-bond donors (Lipinski definition) is 0. The van der Waals surface area contributed by atoms with Crippen LogP contribution < -0.4 is 28.7 Å². The number of halogens is 1. The van der Waals surface area contributed by atoms with Gasteiger partial charge in [0.2, 0.25) is 5.52 Å². The molecule has 1 aromatic heterocycles. The van der Waals surface area contributed by atoms with E-state index < -0.39 is 0 Å². The summed E-state index contributed by atoms with van der Waals surface area (Å²) in [6.07, 6.45) is 1.81. The van der Waals surface area contributed by atoms with Gasteiger partial charge in [0.05, 0.1) is 11.6 Å². The van der Waals surface area contributed by atoms with Crippen molar-refractivity contribution in [3.05, 3.63) is 36.5 Å². The summed E-state index contributed by atoms with van der Waals surface area (Å²) in [5.41, 5.74) is 1.16. The summed E-state index contributed by atoms with van der Waals surface area (Å²) in [5, 5.41) is 5.35. The van der Waals surface area contributed by atoms with Crippen LogP contribution >= 0.6 is 0 Å². The van der Waals surface area contributed by atoms with E-state index in [4.69, 9.17) is 0 Å². The van der Waals surface area contributed by atoms with E-state index in [0.717, 1.165) is 5.52 Å². The molecule has 2 rings (SSSR count). The Labute approximate surface area is 88.2 Å². The van der Waals surface area contributed by atoms with E-state index in [2.05, 4.69) is 17.2 Å². The Morgan fingerprint density at radius 1 is 1.17 bits per heavy atom. The number of aryl methyl sites for hydroxylation is 1. The summed E-state index contributed by atoms with van der Waals surface area (Å²) in [7, 11) is 1.95. The van der Waals surface area contributed by atoms with Gasteiger partial charge in [-0.2, -0.15) is 0 Å². The minimum Gasteiger partial charge on any atom is -1.00 e. The van der Waals surface area contributed by atoms with E-state index in [1.54, 1.807) is 0 Å². The van der Waals surface area contributed by atoms with Gasteiger partial charge in [-0.15, -0.1) is 0 Å². The van der Waals surface area contributed by atoms with E-state index in [9.17, 15) is 0 Å². The highest BCUT2D eigenvalue weighted by atomic mass is 127. The fraction of sp³-hybridized carbons (Fsp3) is 0.111. The molecule has 0 amide bonds. The fourth-order valence-electron chi connectivity index (χ4n) is 1.20. The highest BCUT2D eigenvalue weighted by Crippen LogP contribution is 2.05. The Balaban J connectivity index is 0.000000720. The fourth-order valence-corrected chi connectivity index (χ4v) is 1.20. The first kappa shape index (κ1) is 9.38. The third-order valence-corrected chi connectivity index (χ3v) is 1.78. The Bertz CT molecular complexity index is 382. The third-order valence-electron chi connectivity index (χ3n) is 1.78. The van der Waals surface area contributed by atoms with Crippen molar-refractivity contribution in [2.45, 2.75) is 0 Å². The predicted octanol–water partition coefficient (Wildman–Crippen LogP) is -1.94. The summed E-state index contributed by atoms with van der Waals surface area (Å²) in [5.74, 6) is 0. The number of benzene rings is 1. The van der Waals surface area contributed by atoms with Gasteiger partial charge in [-0.3, -0.25) is 0 Å². The maximum Gasteiger partial charge on any atom is 0.238 e. The zero-order chi connectivity index (χ0) is 7.68. The molecular weight excluding hydrogens is 263 g/mol. The maximum atomic E-state index is 4.12. The molecule has 0 bridgehead atoms. The molecule has 2 aromatic rings. The largest absolute Gasteiger partial charge is 1.00 e. The van der Waals surface area contributed by atoms with Crippen molar-refractivity contribution in [2.75, 3.05) is 0 Å². The lowest BCUT2D eigenvalue weighted by atomic mass is 10.2. The van der Waals surface area contributed by atoms with Crippen LogP contribution in [0, 0.1) is 0 Å². The number of hydrogen-bond acceptors (Lipinski definition) is 1. The topological polar surface area (TPSA) is 16.8 Å². The third kappa shape index (κ3) is 1.55. The molecule has 0 unspecified atom stereocenters. The molecule has 0 fully saturated rings. The van der Waals surface area contributed by atoms with Crippen LogP contribution in [0.3, 0.4) is 0 Å². The van der Waals surface area contributed by atoms with Crippen LogP contribution in [0.4, 0.5) is 0 Å². The Morgan fingerprint density at radius 2 is 1.92 bits per heavy atom. The van der Waals surface area contributed by atoms with Crippen molar-refractivity contribution in [2.24, 2.45) is 7.05 Å². The molecule has 0 N–H and O–H groups in total. The van der Waals surface area contributed by atoms with Crippen LogP contribution in [0.5, 0.6) is 0 Å². The van der Waals surface area contributed by atoms with Crippen molar-refractivity contribution in [1.82, 2.24) is 5.10 Å². The molecule has 0 aliphatic carbocycles. The van der Waals surface area contributed by atoms with Gasteiger partial charge in [-0.25, -0.2) is 0 Å². The summed E-state index contributed by atoms with van der Waals surface area (Å²) < 4.78 is 1.87. The number of rotatable bonds is 0. The maximum absolute atomic E-state index is 4.12. The van der Waals surface area contributed by atoms with Crippen molar-refractivity contribution in [3.63, 3.8) is 0 Å². The second-order valence-electron chi connectivity index (χ2n) is 2.51. The first-order chi connectivity index (χ1) is 5.38. The summed E-state index contributed by atoms with van der Waals surface area (Å²) in [6, 6.07) is 10.2. The van der Waals surface area contributed by atoms with E-state index in [0.29, 0.717) is 0 Å². The molecule has 1 heterocycles. The second-order valence-corrected chi connectivity index (χ2v) is 2.51. The van der Waals surface area contributed by atoms with Crippen molar-refractivity contribution < 1.29 is 28.7 Å². The monoisotopic (exact) mass is 272 g/mol. The molecule has 1 aromatic carbocycles. The van der Waals surface area contributed by atoms with Gasteiger partial charge in [0, 0.05) is 6.07 Å². The van der Waals surface area contributed by atoms with Crippen molar-refractivity contribution in [1.29, 1.82) is 0 Å². The van der Waals surface area contributed by atoms with Crippen LogP contribution in [-0.2, 0) is 7.05 Å². The number of para-hydroxylation sites is 1. The summed E-state index contributed by atoms with van der Waals surface area (Å²) in [6.45, 7) is 0. The van der Waals surface area contributed by atoms with Gasteiger partial charge >= 0.3 is 0 Å². The molecule has 0 aliphatic rings.